The molecule has 1 heterocycles. The Morgan fingerprint density at radius 1 is 1.27 bits per heavy atom. The highest BCUT2D eigenvalue weighted by molar-refractivity contribution is 5.35. The Hall–Kier alpha value is -1.57. The minimum atomic E-state index is 0.925. The monoisotopic (exact) mass is 200 g/mol. The van der Waals surface area contributed by atoms with E-state index < -0.39 is 0 Å². The van der Waals surface area contributed by atoms with E-state index in [1.54, 1.807) is 0 Å². The lowest BCUT2D eigenvalue weighted by Gasteiger charge is -2.06. The van der Waals surface area contributed by atoms with Gasteiger partial charge in [0.1, 0.15) is 0 Å². The van der Waals surface area contributed by atoms with Crippen molar-refractivity contribution in [3.05, 3.63) is 53.1 Å². The van der Waals surface area contributed by atoms with Crippen LogP contribution in [0.15, 0.2) is 30.7 Å². The zero-order valence-corrected chi connectivity index (χ0v) is 9.49. The fourth-order valence-corrected chi connectivity index (χ4v) is 1.76. The number of aryl methyl sites for hydroxylation is 2. The third kappa shape index (κ3) is 2.09. The molecule has 2 heteroatoms. The molecule has 15 heavy (non-hydrogen) atoms. The van der Waals surface area contributed by atoms with Crippen molar-refractivity contribution in [1.82, 2.24) is 9.55 Å². The zero-order valence-electron chi connectivity index (χ0n) is 9.49. The van der Waals surface area contributed by atoms with Crippen molar-refractivity contribution in [3.63, 3.8) is 0 Å². The van der Waals surface area contributed by atoms with Gasteiger partial charge in [0.25, 0.3) is 0 Å². The molecule has 0 aliphatic heterocycles. The van der Waals surface area contributed by atoms with Crippen LogP contribution in [0.3, 0.4) is 0 Å². The Morgan fingerprint density at radius 2 is 2.07 bits per heavy atom. The van der Waals surface area contributed by atoms with Gasteiger partial charge in [-0.05, 0) is 30.5 Å². The lowest BCUT2D eigenvalue weighted by atomic mass is 10.0. The molecule has 1 aromatic heterocycles. The van der Waals surface area contributed by atoms with Gasteiger partial charge in [-0.1, -0.05) is 18.2 Å². The van der Waals surface area contributed by atoms with Crippen LogP contribution in [0.5, 0.6) is 0 Å². The van der Waals surface area contributed by atoms with Crippen molar-refractivity contribution in [3.8, 4) is 0 Å². The molecule has 0 aliphatic carbocycles. The first-order chi connectivity index (χ1) is 7.16. The molecule has 0 saturated carbocycles. The van der Waals surface area contributed by atoms with Crippen molar-refractivity contribution < 1.29 is 0 Å². The van der Waals surface area contributed by atoms with Crippen LogP contribution in [0.1, 0.15) is 22.4 Å². The zero-order chi connectivity index (χ0) is 10.8. The molecule has 0 spiro atoms. The first-order valence-electron chi connectivity index (χ1n) is 5.19. The molecule has 0 saturated heterocycles. The second kappa shape index (κ2) is 3.89. The third-order valence-corrected chi connectivity index (χ3v) is 2.85. The molecule has 78 valence electrons. The standard InChI is InChI=1S/C13H16N2/c1-10-5-4-6-12(11(10)2)7-13-8-15(3)9-14-13/h4-6,8-9H,7H2,1-3H3. The Labute approximate surface area is 90.6 Å². The second-order valence-electron chi connectivity index (χ2n) is 4.07. The maximum Gasteiger partial charge on any atom is 0.0946 e. The molecule has 0 unspecified atom stereocenters. The molecule has 0 atom stereocenters. The van der Waals surface area contributed by atoms with Crippen LogP contribution in [0.25, 0.3) is 0 Å². The van der Waals surface area contributed by atoms with Crippen LogP contribution in [-0.4, -0.2) is 9.55 Å². The fourth-order valence-electron chi connectivity index (χ4n) is 1.76. The van der Waals surface area contributed by atoms with E-state index in [1.807, 2.05) is 17.9 Å². The molecular weight excluding hydrogens is 184 g/mol. The maximum atomic E-state index is 4.34. The smallest absolute Gasteiger partial charge is 0.0946 e. The summed E-state index contributed by atoms with van der Waals surface area (Å²) in [6, 6.07) is 6.44. The second-order valence-corrected chi connectivity index (χ2v) is 4.07. The van der Waals surface area contributed by atoms with Gasteiger partial charge in [-0.25, -0.2) is 4.98 Å². The van der Waals surface area contributed by atoms with Gasteiger partial charge in [-0.2, -0.15) is 0 Å². The number of rotatable bonds is 2. The number of nitrogens with zero attached hydrogens (tertiary/aromatic N) is 2. The summed E-state index contributed by atoms with van der Waals surface area (Å²) < 4.78 is 1.99. The van der Waals surface area contributed by atoms with E-state index in [4.69, 9.17) is 0 Å². The van der Waals surface area contributed by atoms with Gasteiger partial charge in [-0.15, -0.1) is 0 Å². The molecule has 1 aromatic carbocycles. The van der Waals surface area contributed by atoms with Crippen molar-refractivity contribution in [1.29, 1.82) is 0 Å². The minimum absolute atomic E-state index is 0.925. The molecule has 2 nitrogen and oxygen atoms in total. The van der Waals surface area contributed by atoms with E-state index in [0.29, 0.717) is 0 Å². The predicted molar refractivity (Wildman–Crippen MR) is 61.9 cm³/mol. The summed E-state index contributed by atoms with van der Waals surface area (Å²) in [4.78, 5) is 4.34. The van der Waals surface area contributed by atoms with Gasteiger partial charge in [0.15, 0.2) is 0 Å². The number of hydrogen-bond acceptors (Lipinski definition) is 1. The normalized spacial score (nSPS) is 10.6. The third-order valence-electron chi connectivity index (χ3n) is 2.85. The van der Waals surface area contributed by atoms with E-state index in [9.17, 15) is 0 Å². The van der Waals surface area contributed by atoms with E-state index in [-0.39, 0.29) is 0 Å². The summed E-state index contributed by atoms with van der Waals surface area (Å²) >= 11 is 0. The molecule has 0 aliphatic rings. The lowest BCUT2D eigenvalue weighted by Crippen LogP contribution is -1.94. The topological polar surface area (TPSA) is 17.8 Å². The number of aromatic nitrogens is 2. The van der Waals surface area contributed by atoms with Gasteiger partial charge < -0.3 is 4.57 Å². The van der Waals surface area contributed by atoms with E-state index in [1.165, 1.54) is 16.7 Å². The molecule has 2 aromatic rings. The summed E-state index contributed by atoms with van der Waals surface area (Å²) in [6.45, 7) is 4.32. The van der Waals surface area contributed by atoms with E-state index in [0.717, 1.165) is 12.1 Å². The van der Waals surface area contributed by atoms with Gasteiger partial charge in [0, 0.05) is 19.7 Å². The summed E-state index contributed by atoms with van der Waals surface area (Å²) in [5.74, 6) is 0. The van der Waals surface area contributed by atoms with Crippen LogP contribution in [0.2, 0.25) is 0 Å². The number of hydrogen-bond donors (Lipinski definition) is 0. The molecule has 2 rings (SSSR count). The van der Waals surface area contributed by atoms with Gasteiger partial charge in [0.2, 0.25) is 0 Å². The summed E-state index contributed by atoms with van der Waals surface area (Å²) in [5.41, 5.74) is 5.23. The first-order valence-corrected chi connectivity index (χ1v) is 5.19. The van der Waals surface area contributed by atoms with E-state index in [2.05, 4.69) is 43.2 Å². The van der Waals surface area contributed by atoms with Gasteiger partial charge >= 0.3 is 0 Å². The average molecular weight is 200 g/mol. The highest BCUT2D eigenvalue weighted by Crippen LogP contribution is 2.15. The van der Waals surface area contributed by atoms with Crippen molar-refractivity contribution in [2.24, 2.45) is 7.05 Å². The van der Waals surface area contributed by atoms with Crippen LogP contribution < -0.4 is 0 Å². The Kier molecular flexibility index (Phi) is 2.58. The predicted octanol–water partition coefficient (Wildman–Crippen LogP) is 2.63. The SMILES string of the molecule is Cc1cccc(Cc2cn(C)cn2)c1C. The van der Waals surface area contributed by atoms with Crippen molar-refractivity contribution >= 4 is 0 Å². The largest absolute Gasteiger partial charge is 0.340 e. The average Bonchev–Trinajstić information content (AvgIpc) is 2.59. The Balaban J connectivity index is 2.28. The molecule has 0 fully saturated rings. The van der Waals surface area contributed by atoms with Gasteiger partial charge in [-0.3, -0.25) is 0 Å². The van der Waals surface area contributed by atoms with Crippen LogP contribution in [-0.2, 0) is 13.5 Å². The summed E-state index contributed by atoms with van der Waals surface area (Å²) in [6.07, 6.45) is 4.84. The molecule has 0 radical (unpaired) electrons. The fraction of sp³-hybridized carbons (Fsp3) is 0.308. The summed E-state index contributed by atoms with van der Waals surface area (Å²) in [5, 5.41) is 0. The maximum absolute atomic E-state index is 4.34. The quantitative estimate of drug-likeness (QED) is 0.728. The summed E-state index contributed by atoms with van der Waals surface area (Å²) in [7, 11) is 2.00. The molecule has 0 amide bonds. The minimum Gasteiger partial charge on any atom is -0.340 e. The highest BCUT2D eigenvalue weighted by atomic mass is 15.0. The Bertz CT molecular complexity index is 469. The first kappa shape index (κ1) is 9.97. The highest BCUT2D eigenvalue weighted by Gasteiger charge is 2.03. The Morgan fingerprint density at radius 3 is 2.73 bits per heavy atom. The van der Waals surface area contributed by atoms with Gasteiger partial charge in [0.05, 0.1) is 12.0 Å². The van der Waals surface area contributed by atoms with Crippen molar-refractivity contribution in [2.75, 3.05) is 0 Å². The van der Waals surface area contributed by atoms with E-state index >= 15 is 0 Å². The number of imidazole rings is 1. The number of benzene rings is 1. The molecule has 0 N–H and O–H groups in total. The molecule has 0 bridgehead atoms. The van der Waals surface area contributed by atoms with Crippen LogP contribution in [0.4, 0.5) is 0 Å². The van der Waals surface area contributed by atoms with Crippen LogP contribution >= 0.6 is 0 Å². The lowest BCUT2D eigenvalue weighted by molar-refractivity contribution is 0.912. The molecular formula is C13H16N2. The van der Waals surface area contributed by atoms with Crippen molar-refractivity contribution in [2.45, 2.75) is 20.3 Å². The van der Waals surface area contributed by atoms with Crippen LogP contribution in [0, 0.1) is 13.8 Å².